The molecule has 3 aliphatic heterocycles. The molecule has 3 fully saturated rings. The molecule has 2 aromatic carbocycles. The Bertz CT molecular complexity index is 3320. The lowest BCUT2D eigenvalue weighted by Gasteiger charge is -2.36. The van der Waals surface area contributed by atoms with Crippen LogP contribution in [-0.4, -0.2) is 89.8 Å². The Morgan fingerprint density at radius 3 is 1.54 bits per heavy atom. The zero-order valence-electron chi connectivity index (χ0n) is 46.0. The van der Waals surface area contributed by atoms with Crippen LogP contribution in [0.1, 0.15) is 105 Å². The van der Waals surface area contributed by atoms with Crippen molar-refractivity contribution in [1.82, 2.24) is 34.0 Å². The first-order valence-electron chi connectivity index (χ1n) is 25.9. The number of aromatic nitrogens is 6. The monoisotopic (exact) mass is 1130 g/mol. The van der Waals surface area contributed by atoms with Gasteiger partial charge in [-0.1, -0.05) is 58.0 Å². The average molecular weight is 1130 g/mol. The summed E-state index contributed by atoms with van der Waals surface area (Å²) >= 11 is 3.54. The molecule has 0 atom stereocenters. The SMILES string of the molecule is C#C.CC.CC.Cc1nc(NCc2cccc(C(F)(F)COC3CN(C)C3)c2F)c2cc(C3(C#N)CCSCC3)n(C)c(=O)c2n1.Cc1nc(NCc2cccc(C(F)F)c2F)c2cc(C3(C#N)CCSCC3)n(C)c(=O)c2n1. The number of fused-ring (bicyclic) bond motifs is 2. The Labute approximate surface area is 465 Å². The first-order valence-corrected chi connectivity index (χ1v) is 28.2. The molecule has 4 aromatic heterocycles. The van der Waals surface area contributed by atoms with E-state index in [1.54, 1.807) is 63.6 Å². The molecule has 2 N–H and O–H groups in total. The molecule has 0 radical (unpaired) electrons. The van der Waals surface area contributed by atoms with Crippen LogP contribution in [-0.2, 0) is 48.7 Å². The maximum Gasteiger partial charge on any atom is 0.298 e. The molecule has 0 aliphatic carbocycles. The fourth-order valence-electron chi connectivity index (χ4n) is 9.55. The Balaban J connectivity index is 0.000000270. The highest BCUT2D eigenvalue weighted by Gasteiger charge is 2.40. The zero-order valence-corrected chi connectivity index (χ0v) is 47.6. The van der Waals surface area contributed by atoms with Crippen LogP contribution in [0.3, 0.4) is 0 Å². The van der Waals surface area contributed by atoms with E-state index in [9.17, 15) is 42.1 Å². The summed E-state index contributed by atoms with van der Waals surface area (Å²) < 4.78 is 94.1. The Morgan fingerprint density at radius 2 is 1.14 bits per heavy atom. The van der Waals surface area contributed by atoms with E-state index in [1.165, 1.54) is 33.4 Å². The van der Waals surface area contributed by atoms with Gasteiger partial charge < -0.3 is 29.4 Å². The number of alkyl halides is 4. The molecule has 3 saturated heterocycles. The minimum Gasteiger partial charge on any atom is -0.369 e. The molecule has 0 unspecified atom stereocenters. The maximum absolute atomic E-state index is 15.4. The predicted octanol–water partition coefficient (Wildman–Crippen LogP) is 11.0. The van der Waals surface area contributed by atoms with Crippen LogP contribution in [0.5, 0.6) is 0 Å². The largest absolute Gasteiger partial charge is 0.369 e. The van der Waals surface area contributed by atoms with Crippen LogP contribution >= 0.6 is 23.5 Å². The van der Waals surface area contributed by atoms with Gasteiger partial charge in [0.1, 0.15) is 52.6 Å². The predicted molar refractivity (Wildman–Crippen MR) is 303 cm³/mol. The number of aryl methyl sites for hydroxylation is 2. The Morgan fingerprint density at radius 1 is 0.722 bits per heavy atom. The highest BCUT2D eigenvalue weighted by molar-refractivity contribution is 7.99. The lowest BCUT2D eigenvalue weighted by atomic mass is 9.79. The molecule has 6 aromatic rings. The van der Waals surface area contributed by atoms with Crippen molar-refractivity contribution < 1.29 is 31.1 Å². The van der Waals surface area contributed by atoms with Gasteiger partial charge in [0.2, 0.25) is 0 Å². The number of halogens is 6. The molecule has 0 saturated carbocycles. The van der Waals surface area contributed by atoms with Crippen molar-refractivity contribution >= 4 is 57.0 Å². The number of likely N-dealkylation sites (N-methyl/N-ethyl adjacent to an activating group) is 1. The van der Waals surface area contributed by atoms with E-state index in [0.717, 1.165) is 35.1 Å². The molecule has 0 amide bonds. The Kier molecular flexibility index (Phi) is 22.4. The van der Waals surface area contributed by atoms with Gasteiger partial charge in [0.05, 0.1) is 51.0 Å². The van der Waals surface area contributed by atoms with E-state index in [4.69, 9.17) is 4.74 Å². The van der Waals surface area contributed by atoms with Gasteiger partial charge in [0.25, 0.3) is 23.5 Å². The number of nitriles is 2. The Hall–Kier alpha value is -6.64. The van der Waals surface area contributed by atoms with Crippen molar-refractivity contribution in [2.45, 2.75) is 110 Å². The fourth-order valence-corrected chi connectivity index (χ4v) is 11.9. The minimum atomic E-state index is -3.50. The topological polar surface area (TPSA) is 180 Å². The second kappa shape index (κ2) is 28.0. The third-order valence-electron chi connectivity index (χ3n) is 13.8. The molecule has 9 rings (SSSR count). The van der Waals surface area contributed by atoms with Gasteiger partial charge in [-0.2, -0.15) is 42.8 Å². The van der Waals surface area contributed by atoms with Gasteiger partial charge in [-0.25, -0.2) is 37.5 Å². The van der Waals surface area contributed by atoms with Gasteiger partial charge in [-0.15, -0.1) is 12.8 Å². The van der Waals surface area contributed by atoms with E-state index >= 15 is 4.39 Å². The number of hydrogen-bond acceptors (Lipinski definition) is 14. The molecular weight excluding hydrogens is 1060 g/mol. The quantitative estimate of drug-likeness (QED) is 0.0824. The first-order chi connectivity index (χ1) is 37.8. The first kappa shape index (κ1) is 63.2. The number of terminal acetylenes is 1. The van der Waals surface area contributed by atoms with Crippen LogP contribution in [0.4, 0.5) is 38.0 Å². The van der Waals surface area contributed by atoms with Crippen molar-refractivity contribution in [3.63, 3.8) is 0 Å². The second-order valence-electron chi connectivity index (χ2n) is 18.6. The third-order valence-corrected chi connectivity index (χ3v) is 15.7. The van der Waals surface area contributed by atoms with Gasteiger partial charge in [-0.05, 0) is 87.8 Å². The van der Waals surface area contributed by atoms with Crippen LogP contribution in [0.15, 0.2) is 58.1 Å². The fraction of sp³-hybridized carbons (Fsp3) is 0.474. The zero-order chi connectivity index (χ0) is 58.4. The summed E-state index contributed by atoms with van der Waals surface area (Å²) in [5.74, 6) is -1.05. The molecule has 0 bridgehead atoms. The number of nitrogens with zero attached hydrogens (tertiary/aromatic N) is 9. The van der Waals surface area contributed by atoms with E-state index in [0.29, 0.717) is 72.6 Å². The second-order valence-corrected chi connectivity index (χ2v) is 21.1. The number of nitrogens with one attached hydrogen (secondary N) is 2. The van der Waals surface area contributed by atoms with Gasteiger partial charge in [0.15, 0.2) is 0 Å². The van der Waals surface area contributed by atoms with Gasteiger partial charge in [0, 0.05) is 62.8 Å². The van der Waals surface area contributed by atoms with Crippen molar-refractivity contribution in [3.8, 4) is 25.0 Å². The number of ether oxygens (including phenoxy) is 1. The van der Waals surface area contributed by atoms with Crippen molar-refractivity contribution in [1.29, 1.82) is 10.5 Å². The van der Waals surface area contributed by atoms with Crippen LogP contribution < -0.4 is 21.8 Å². The summed E-state index contributed by atoms with van der Waals surface area (Å²) in [6, 6.07) is 16.1. The van der Waals surface area contributed by atoms with Crippen LogP contribution in [0.25, 0.3) is 21.8 Å². The summed E-state index contributed by atoms with van der Waals surface area (Å²) in [5.41, 5.74) is -2.15. The lowest BCUT2D eigenvalue weighted by Crippen LogP contribution is -2.50. The average Bonchev–Trinajstić information content (AvgIpc) is 3.61. The lowest BCUT2D eigenvalue weighted by molar-refractivity contribution is -0.134. The molecule has 7 heterocycles. The number of thioether (sulfide) groups is 2. The van der Waals surface area contributed by atoms with Gasteiger partial charge >= 0.3 is 0 Å². The summed E-state index contributed by atoms with van der Waals surface area (Å²) in [6.45, 7) is 11.2. The van der Waals surface area contributed by atoms with Crippen molar-refractivity contribution in [3.05, 3.63) is 126 Å². The molecule has 22 heteroatoms. The van der Waals surface area contributed by atoms with Crippen LogP contribution in [0, 0.1) is 61.0 Å². The summed E-state index contributed by atoms with van der Waals surface area (Å²) in [5, 5.41) is 27.0. The smallest absolute Gasteiger partial charge is 0.298 e. The third kappa shape index (κ3) is 13.9. The van der Waals surface area contributed by atoms with E-state index in [2.05, 4.69) is 55.6 Å². The van der Waals surface area contributed by atoms with E-state index < -0.39 is 52.5 Å². The highest BCUT2D eigenvalue weighted by atomic mass is 32.2. The minimum absolute atomic E-state index is 0.0202. The summed E-state index contributed by atoms with van der Waals surface area (Å²) in [4.78, 5) is 46.0. The number of anilines is 2. The normalized spacial score (nSPS) is 15.7. The molecule has 0 spiro atoms. The molecular formula is C57H67F6N11O3S2. The van der Waals surface area contributed by atoms with E-state index in [-0.39, 0.29) is 64.1 Å². The van der Waals surface area contributed by atoms with Gasteiger partial charge in [-0.3, -0.25) is 9.59 Å². The summed E-state index contributed by atoms with van der Waals surface area (Å²) in [6.07, 6.45) is 7.24. The molecule has 79 heavy (non-hydrogen) atoms. The molecule has 422 valence electrons. The number of pyridine rings is 2. The number of benzene rings is 2. The van der Waals surface area contributed by atoms with Crippen molar-refractivity contribution in [2.75, 3.05) is 60.4 Å². The van der Waals surface area contributed by atoms with E-state index in [1.807, 2.05) is 39.6 Å². The van der Waals surface area contributed by atoms with Crippen LogP contribution in [0.2, 0.25) is 0 Å². The summed E-state index contributed by atoms with van der Waals surface area (Å²) in [7, 11) is 5.14. The molecule has 3 aliphatic rings. The standard InChI is InChI=1S/C28H31F3N6O2S.C23H22F3N5OS.2C2H6.C2H2/c1-17-34-24-20(11-22(37(3)26(24)38)27(15-32)7-9-40-10-8-27)25(35-17)33-12-18-5-4-6-21(23(18)29)28(30,31)16-39-19-13-36(2)14-19;1-13-29-19-16(10-17(31(2)22(19)32)23(12-27)6-8-33-9-7-23)21(30-13)28-11-14-4-3-5-15(18(14)24)20(25)26;3*1-2/h4-6,11,19H,7-10,12-14,16H2,1-3H3,(H,33,34,35);3-5,10,20H,6-9,11H2,1-2H3,(H,28,29,30);2*1-2H3;1-2H. The number of rotatable bonds is 13. The van der Waals surface area contributed by atoms with Crippen molar-refractivity contribution in [2.24, 2.45) is 14.1 Å². The molecule has 14 nitrogen and oxygen atoms in total. The highest BCUT2D eigenvalue weighted by Crippen LogP contribution is 2.41. The number of hydrogen-bond donors (Lipinski definition) is 2. The number of likely N-dealkylation sites (tertiary alicyclic amines) is 1. The maximum atomic E-state index is 15.4.